The number of nitrogens with one attached hydrogen (secondary N) is 1. The van der Waals surface area contributed by atoms with Crippen molar-refractivity contribution in [1.82, 2.24) is 5.32 Å². The molecule has 0 saturated carbocycles. The lowest BCUT2D eigenvalue weighted by molar-refractivity contribution is 0.559. The highest BCUT2D eigenvalue weighted by Crippen LogP contribution is 2.03. The van der Waals surface area contributed by atoms with Gasteiger partial charge in [-0.1, -0.05) is 29.8 Å². The molecule has 0 spiro atoms. The Bertz CT molecular complexity index is 254. The van der Waals surface area contributed by atoms with Crippen molar-refractivity contribution in [2.45, 2.75) is 26.3 Å². The average Bonchev–Trinajstić information content (AvgIpc) is 2.21. The quantitative estimate of drug-likeness (QED) is 0.741. The van der Waals surface area contributed by atoms with Crippen LogP contribution >= 0.6 is 0 Å². The summed E-state index contributed by atoms with van der Waals surface area (Å²) in [5.41, 5.74) is 8.21. The van der Waals surface area contributed by atoms with Crippen molar-refractivity contribution in [3.05, 3.63) is 35.4 Å². The average molecular weight is 192 g/mol. The third-order valence-electron chi connectivity index (χ3n) is 2.38. The molecule has 14 heavy (non-hydrogen) atoms. The van der Waals surface area contributed by atoms with E-state index in [-0.39, 0.29) is 0 Å². The zero-order valence-electron chi connectivity index (χ0n) is 9.09. The van der Waals surface area contributed by atoms with Gasteiger partial charge in [0.2, 0.25) is 0 Å². The number of hydrogen-bond donors (Lipinski definition) is 2. The number of nitrogens with two attached hydrogens (primary N) is 1. The van der Waals surface area contributed by atoms with E-state index in [1.807, 2.05) is 0 Å². The topological polar surface area (TPSA) is 38.0 Å². The van der Waals surface area contributed by atoms with Crippen LogP contribution in [0.4, 0.5) is 0 Å². The van der Waals surface area contributed by atoms with Crippen LogP contribution in [0.15, 0.2) is 24.3 Å². The molecular weight excluding hydrogens is 172 g/mol. The molecule has 2 nitrogen and oxygen atoms in total. The first-order valence-corrected chi connectivity index (χ1v) is 5.21. The zero-order valence-corrected chi connectivity index (χ0v) is 9.09. The van der Waals surface area contributed by atoms with Gasteiger partial charge in [0.05, 0.1) is 0 Å². The summed E-state index contributed by atoms with van der Waals surface area (Å²) >= 11 is 0. The highest BCUT2D eigenvalue weighted by Gasteiger charge is 1.97. The standard InChI is InChI=1S/C12H20N2/c1-10-3-5-12(6-4-10)7-8-14-11(2)9-13/h3-6,11,14H,7-9,13H2,1-2H3/t11-/m1/s1. The lowest BCUT2D eigenvalue weighted by atomic mass is 10.1. The maximum absolute atomic E-state index is 5.51. The highest BCUT2D eigenvalue weighted by atomic mass is 14.9. The van der Waals surface area contributed by atoms with Gasteiger partial charge >= 0.3 is 0 Å². The predicted octanol–water partition coefficient (Wildman–Crippen LogP) is 1.47. The van der Waals surface area contributed by atoms with E-state index in [1.165, 1.54) is 11.1 Å². The molecule has 1 aromatic rings. The molecule has 1 atom stereocenters. The van der Waals surface area contributed by atoms with Crippen molar-refractivity contribution in [1.29, 1.82) is 0 Å². The van der Waals surface area contributed by atoms with E-state index in [9.17, 15) is 0 Å². The van der Waals surface area contributed by atoms with Gasteiger partial charge in [-0.25, -0.2) is 0 Å². The van der Waals surface area contributed by atoms with Crippen LogP contribution in [-0.2, 0) is 6.42 Å². The first kappa shape index (κ1) is 11.2. The summed E-state index contributed by atoms with van der Waals surface area (Å²) < 4.78 is 0. The van der Waals surface area contributed by atoms with Crippen molar-refractivity contribution in [3.8, 4) is 0 Å². The van der Waals surface area contributed by atoms with Crippen molar-refractivity contribution in [3.63, 3.8) is 0 Å². The molecule has 0 bridgehead atoms. The maximum Gasteiger partial charge on any atom is 0.0162 e. The number of benzene rings is 1. The van der Waals surface area contributed by atoms with E-state index in [0.717, 1.165) is 13.0 Å². The first-order chi connectivity index (χ1) is 6.72. The Morgan fingerprint density at radius 1 is 1.29 bits per heavy atom. The van der Waals surface area contributed by atoms with E-state index < -0.39 is 0 Å². The minimum atomic E-state index is 0.417. The van der Waals surface area contributed by atoms with E-state index in [1.54, 1.807) is 0 Å². The molecule has 0 aliphatic heterocycles. The zero-order chi connectivity index (χ0) is 10.4. The molecule has 0 aromatic heterocycles. The van der Waals surface area contributed by atoms with Crippen LogP contribution in [0.2, 0.25) is 0 Å². The minimum absolute atomic E-state index is 0.417. The fourth-order valence-corrected chi connectivity index (χ4v) is 1.30. The van der Waals surface area contributed by atoms with E-state index in [4.69, 9.17) is 5.73 Å². The molecule has 0 fully saturated rings. The second-order valence-corrected chi connectivity index (χ2v) is 3.83. The highest BCUT2D eigenvalue weighted by molar-refractivity contribution is 5.21. The Morgan fingerprint density at radius 3 is 2.50 bits per heavy atom. The Morgan fingerprint density at radius 2 is 1.93 bits per heavy atom. The number of hydrogen-bond acceptors (Lipinski definition) is 2. The van der Waals surface area contributed by atoms with Crippen LogP contribution < -0.4 is 11.1 Å². The van der Waals surface area contributed by atoms with Crippen LogP contribution in [0.5, 0.6) is 0 Å². The van der Waals surface area contributed by atoms with Crippen LogP contribution in [-0.4, -0.2) is 19.1 Å². The molecule has 0 radical (unpaired) electrons. The summed E-state index contributed by atoms with van der Waals surface area (Å²) in [5.74, 6) is 0. The molecule has 0 heterocycles. The summed E-state index contributed by atoms with van der Waals surface area (Å²) in [6.45, 7) is 5.92. The Hall–Kier alpha value is -0.860. The molecule has 2 heteroatoms. The molecule has 78 valence electrons. The van der Waals surface area contributed by atoms with Crippen LogP contribution in [0.1, 0.15) is 18.1 Å². The molecular formula is C12H20N2. The Balaban J connectivity index is 2.28. The first-order valence-electron chi connectivity index (χ1n) is 5.21. The number of rotatable bonds is 5. The van der Waals surface area contributed by atoms with Crippen LogP contribution in [0.3, 0.4) is 0 Å². The maximum atomic E-state index is 5.51. The summed E-state index contributed by atoms with van der Waals surface area (Å²) in [5, 5.41) is 3.37. The largest absolute Gasteiger partial charge is 0.329 e. The summed E-state index contributed by atoms with van der Waals surface area (Å²) in [7, 11) is 0. The molecule has 0 aliphatic rings. The van der Waals surface area contributed by atoms with E-state index in [2.05, 4.69) is 43.4 Å². The lowest BCUT2D eigenvalue weighted by Crippen LogP contribution is -2.34. The molecule has 0 unspecified atom stereocenters. The van der Waals surface area contributed by atoms with Crippen LogP contribution in [0.25, 0.3) is 0 Å². The fraction of sp³-hybridized carbons (Fsp3) is 0.500. The molecule has 1 rings (SSSR count). The van der Waals surface area contributed by atoms with Crippen LogP contribution in [0, 0.1) is 6.92 Å². The lowest BCUT2D eigenvalue weighted by Gasteiger charge is -2.10. The molecule has 1 aromatic carbocycles. The molecule has 0 amide bonds. The monoisotopic (exact) mass is 192 g/mol. The van der Waals surface area contributed by atoms with E-state index in [0.29, 0.717) is 12.6 Å². The smallest absolute Gasteiger partial charge is 0.0162 e. The van der Waals surface area contributed by atoms with Crippen molar-refractivity contribution >= 4 is 0 Å². The third kappa shape index (κ3) is 3.90. The van der Waals surface area contributed by atoms with Gasteiger partial charge in [0.25, 0.3) is 0 Å². The van der Waals surface area contributed by atoms with Crippen molar-refractivity contribution < 1.29 is 0 Å². The van der Waals surface area contributed by atoms with Gasteiger partial charge in [0.15, 0.2) is 0 Å². The molecule has 3 N–H and O–H groups in total. The normalized spacial score (nSPS) is 12.8. The second-order valence-electron chi connectivity index (χ2n) is 3.83. The fourth-order valence-electron chi connectivity index (χ4n) is 1.30. The van der Waals surface area contributed by atoms with E-state index >= 15 is 0 Å². The molecule has 0 saturated heterocycles. The Labute approximate surface area is 86.5 Å². The van der Waals surface area contributed by atoms with Crippen molar-refractivity contribution in [2.24, 2.45) is 5.73 Å². The van der Waals surface area contributed by atoms with Gasteiger partial charge < -0.3 is 11.1 Å². The third-order valence-corrected chi connectivity index (χ3v) is 2.38. The summed E-state index contributed by atoms with van der Waals surface area (Å²) in [6, 6.07) is 9.10. The number of aryl methyl sites for hydroxylation is 1. The summed E-state index contributed by atoms with van der Waals surface area (Å²) in [4.78, 5) is 0. The SMILES string of the molecule is Cc1ccc(CCN[C@H](C)CN)cc1. The van der Waals surface area contributed by atoms with Gasteiger partial charge in [-0.2, -0.15) is 0 Å². The van der Waals surface area contributed by atoms with Gasteiger partial charge in [0, 0.05) is 12.6 Å². The van der Waals surface area contributed by atoms with Gasteiger partial charge in [-0.15, -0.1) is 0 Å². The minimum Gasteiger partial charge on any atom is -0.329 e. The molecule has 0 aliphatic carbocycles. The Kier molecular flexibility index (Phi) is 4.63. The van der Waals surface area contributed by atoms with Gasteiger partial charge in [-0.3, -0.25) is 0 Å². The van der Waals surface area contributed by atoms with Crippen molar-refractivity contribution in [2.75, 3.05) is 13.1 Å². The summed E-state index contributed by atoms with van der Waals surface area (Å²) in [6.07, 6.45) is 1.07. The van der Waals surface area contributed by atoms with Gasteiger partial charge in [-0.05, 0) is 32.4 Å². The predicted molar refractivity (Wildman–Crippen MR) is 61.4 cm³/mol. The second kappa shape index (κ2) is 5.78. The van der Waals surface area contributed by atoms with Gasteiger partial charge in [0.1, 0.15) is 0 Å².